The fourth-order valence-corrected chi connectivity index (χ4v) is 3.88. The van der Waals surface area contributed by atoms with Gasteiger partial charge in [0.05, 0.1) is 5.41 Å². The molecule has 4 nitrogen and oxygen atoms in total. The number of nitrogens with zero attached hydrogens (tertiary/aromatic N) is 2. The van der Waals surface area contributed by atoms with Crippen molar-refractivity contribution in [1.29, 1.82) is 0 Å². The standard InChI is InChI=1S/C17H29N3O/c1-4-17(8-5-11-18-12-17)15-19-14(20-21-15)13-6-9-16(2,3)10-7-13/h13,18H,4-12H2,1-3H3. The number of piperidine rings is 1. The smallest absolute Gasteiger partial charge is 0.234 e. The van der Waals surface area contributed by atoms with Gasteiger partial charge in [-0.05, 0) is 56.9 Å². The zero-order valence-electron chi connectivity index (χ0n) is 13.7. The second kappa shape index (κ2) is 5.71. The van der Waals surface area contributed by atoms with E-state index >= 15 is 0 Å². The topological polar surface area (TPSA) is 51.0 Å². The number of nitrogens with one attached hydrogen (secondary N) is 1. The van der Waals surface area contributed by atoms with Gasteiger partial charge in [0, 0.05) is 12.5 Å². The molecule has 1 aromatic rings. The summed E-state index contributed by atoms with van der Waals surface area (Å²) < 4.78 is 5.70. The summed E-state index contributed by atoms with van der Waals surface area (Å²) in [6, 6.07) is 0. The van der Waals surface area contributed by atoms with E-state index in [2.05, 4.69) is 31.2 Å². The molecule has 1 saturated carbocycles. The maximum Gasteiger partial charge on any atom is 0.234 e. The highest BCUT2D eigenvalue weighted by Gasteiger charge is 2.39. The van der Waals surface area contributed by atoms with E-state index in [1.807, 2.05) is 0 Å². The normalized spacial score (nSPS) is 30.4. The predicted molar refractivity (Wildman–Crippen MR) is 83.4 cm³/mol. The molecule has 2 aliphatic rings. The Balaban J connectivity index is 1.74. The molecule has 1 aromatic heterocycles. The van der Waals surface area contributed by atoms with Gasteiger partial charge < -0.3 is 9.84 Å². The second-order valence-electron chi connectivity index (χ2n) is 7.81. The Labute approximate surface area is 128 Å². The zero-order valence-corrected chi connectivity index (χ0v) is 13.7. The first-order valence-electron chi connectivity index (χ1n) is 8.59. The molecule has 1 unspecified atom stereocenters. The number of hydrogen-bond donors (Lipinski definition) is 1. The molecule has 2 heterocycles. The van der Waals surface area contributed by atoms with Gasteiger partial charge >= 0.3 is 0 Å². The van der Waals surface area contributed by atoms with Crippen molar-refractivity contribution in [3.8, 4) is 0 Å². The average Bonchev–Trinajstić information content (AvgIpc) is 2.98. The molecule has 0 radical (unpaired) electrons. The lowest BCUT2D eigenvalue weighted by Gasteiger charge is -2.33. The Morgan fingerprint density at radius 3 is 2.62 bits per heavy atom. The van der Waals surface area contributed by atoms with Gasteiger partial charge in [-0.2, -0.15) is 4.98 Å². The highest BCUT2D eigenvalue weighted by atomic mass is 16.5. The summed E-state index contributed by atoms with van der Waals surface area (Å²) in [4.78, 5) is 4.83. The van der Waals surface area contributed by atoms with Crippen LogP contribution in [0.4, 0.5) is 0 Å². The molecule has 0 aromatic carbocycles. The van der Waals surface area contributed by atoms with E-state index in [1.54, 1.807) is 0 Å². The van der Waals surface area contributed by atoms with Gasteiger partial charge in [-0.1, -0.05) is 25.9 Å². The quantitative estimate of drug-likeness (QED) is 0.920. The van der Waals surface area contributed by atoms with Crippen LogP contribution in [0, 0.1) is 5.41 Å². The van der Waals surface area contributed by atoms with Crippen LogP contribution in [0.15, 0.2) is 4.52 Å². The third-order valence-corrected chi connectivity index (χ3v) is 5.75. The number of aromatic nitrogens is 2. The van der Waals surface area contributed by atoms with E-state index in [-0.39, 0.29) is 5.41 Å². The summed E-state index contributed by atoms with van der Waals surface area (Å²) in [6.07, 6.45) is 8.36. The number of rotatable bonds is 3. The van der Waals surface area contributed by atoms with Gasteiger partial charge in [-0.3, -0.25) is 0 Å². The van der Waals surface area contributed by atoms with Crippen LogP contribution < -0.4 is 5.32 Å². The Morgan fingerprint density at radius 2 is 2.00 bits per heavy atom. The molecule has 118 valence electrons. The molecular formula is C17H29N3O. The monoisotopic (exact) mass is 291 g/mol. The van der Waals surface area contributed by atoms with Gasteiger partial charge in [0.25, 0.3) is 0 Å². The highest BCUT2D eigenvalue weighted by Crippen LogP contribution is 2.42. The summed E-state index contributed by atoms with van der Waals surface area (Å²) in [5, 5.41) is 7.84. The zero-order chi connectivity index (χ0) is 14.9. The van der Waals surface area contributed by atoms with E-state index < -0.39 is 0 Å². The molecule has 2 fully saturated rings. The maximum absolute atomic E-state index is 5.70. The van der Waals surface area contributed by atoms with E-state index in [0.29, 0.717) is 11.3 Å². The summed E-state index contributed by atoms with van der Waals surface area (Å²) in [5.74, 6) is 2.33. The van der Waals surface area contributed by atoms with Gasteiger partial charge in [0.1, 0.15) is 0 Å². The maximum atomic E-state index is 5.70. The van der Waals surface area contributed by atoms with Crippen LogP contribution in [-0.4, -0.2) is 23.2 Å². The van der Waals surface area contributed by atoms with Crippen LogP contribution >= 0.6 is 0 Å². The third-order valence-electron chi connectivity index (χ3n) is 5.75. The average molecular weight is 291 g/mol. The fraction of sp³-hybridized carbons (Fsp3) is 0.882. The van der Waals surface area contributed by atoms with Crippen molar-refractivity contribution < 1.29 is 4.52 Å². The molecule has 1 atom stereocenters. The first kappa shape index (κ1) is 15.0. The van der Waals surface area contributed by atoms with Crippen molar-refractivity contribution >= 4 is 0 Å². The fourth-order valence-electron chi connectivity index (χ4n) is 3.88. The Hall–Kier alpha value is -0.900. The van der Waals surface area contributed by atoms with Gasteiger partial charge in [0.2, 0.25) is 5.89 Å². The molecule has 4 heteroatoms. The second-order valence-corrected chi connectivity index (χ2v) is 7.81. The molecule has 0 amide bonds. The van der Waals surface area contributed by atoms with Crippen molar-refractivity contribution in [1.82, 2.24) is 15.5 Å². The van der Waals surface area contributed by atoms with Crippen LogP contribution in [0.5, 0.6) is 0 Å². The first-order valence-corrected chi connectivity index (χ1v) is 8.59. The van der Waals surface area contributed by atoms with Crippen LogP contribution in [-0.2, 0) is 5.41 Å². The third kappa shape index (κ3) is 3.01. The van der Waals surface area contributed by atoms with Crippen molar-refractivity contribution in [3.05, 3.63) is 11.7 Å². The Morgan fingerprint density at radius 1 is 1.24 bits per heavy atom. The largest absolute Gasteiger partial charge is 0.339 e. The molecule has 1 saturated heterocycles. The van der Waals surface area contributed by atoms with Crippen molar-refractivity contribution in [2.75, 3.05) is 13.1 Å². The molecule has 1 aliphatic carbocycles. The molecular weight excluding hydrogens is 262 g/mol. The number of hydrogen-bond acceptors (Lipinski definition) is 4. The first-order chi connectivity index (χ1) is 10.0. The van der Waals surface area contributed by atoms with E-state index in [4.69, 9.17) is 9.51 Å². The van der Waals surface area contributed by atoms with Crippen molar-refractivity contribution in [3.63, 3.8) is 0 Å². The lowest BCUT2D eigenvalue weighted by Crippen LogP contribution is -2.43. The predicted octanol–water partition coefficient (Wildman–Crippen LogP) is 3.78. The highest BCUT2D eigenvalue weighted by molar-refractivity contribution is 5.10. The molecule has 1 aliphatic heterocycles. The minimum atomic E-state index is 0.0669. The Bertz CT molecular complexity index is 464. The van der Waals surface area contributed by atoms with Crippen LogP contribution in [0.2, 0.25) is 0 Å². The van der Waals surface area contributed by atoms with Crippen LogP contribution in [0.1, 0.15) is 83.3 Å². The van der Waals surface area contributed by atoms with E-state index in [9.17, 15) is 0 Å². The molecule has 0 bridgehead atoms. The van der Waals surface area contributed by atoms with Crippen molar-refractivity contribution in [2.45, 2.75) is 77.0 Å². The van der Waals surface area contributed by atoms with Gasteiger partial charge in [-0.15, -0.1) is 0 Å². The summed E-state index contributed by atoms with van der Waals surface area (Å²) >= 11 is 0. The van der Waals surface area contributed by atoms with E-state index in [1.165, 1.54) is 32.1 Å². The summed E-state index contributed by atoms with van der Waals surface area (Å²) in [5.41, 5.74) is 0.554. The lowest BCUT2D eigenvalue weighted by atomic mass is 9.73. The summed E-state index contributed by atoms with van der Waals surface area (Å²) in [6.45, 7) is 9.05. The van der Waals surface area contributed by atoms with Crippen LogP contribution in [0.25, 0.3) is 0 Å². The van der Waals surface area contributed by atoms with Gasteiger partial charge in [-0.25, -0.2) is 0 Å². The SMILES string of the molecule is CCC1(c2nc(C3CCC(C)(C)CC3)no2)CCCNC1. The minimum absolute atomic E-state index is 0.0669. The van der Waals surface area contributed by atoms with E-state index in [0.717, 1.165) is 37.6 Å². The molecule has 3 rings (SSSR count). The molecule has 21 heavy (non-hydrogen) atoms. The summed E-state index contributed by atoms with van der Waals surface area (Å²) in [7, 11) is 0. The lowest BCUT2D eigenvalue weighted by molar-refractivity contribution is 0.213. The molecule has 1 N–H and O–H groups in total. The van der Waals surface area contributed by atoms with Crippen LogP contribution in [0.3, 0.4) is 0 Å². The molecule has 0 spiro atoms. The van der Waals surface area contributed by atoms with Gasteiger partial charge in [0.15, 0.2) is 5.82 Å². The Kier molecular flexibility index (Phi) is 4.08. The minimum Gasteiger partial charge on any atom is -0.339 e. The van der Waals surface area contributed by atoms with Crippen molar-refractivity contribution in [2.24, 2.45) is 5.41 Å².